The molecule has 3 aromatic rings. The van der Waals surface area contributed by atoms with Gasteiger partial charge in [0, 0.05) is 22.6 Å². The van der Waals surface area contributed by atoms with Crippen molar-refractivity contribution in [1.29, 1.82) is 0 Å². The van der Waals surface area contributed by atoms with E-state index in [-0.39, 0.29) is 0 Å². The first kappa shape index (κ1) is 12.3. The molecule has 2 aliphatic heterocycles. The highest BCUT2D eigenvalue weighted by atomic mass is 14.8. The smallest absolute Gasteiger partial charge is 0.0658 e. The van der Waals surface area contributed by atoms with Crippen LogP contribution in [0.25, 0.3) is 29.6 Å². The van der Waals surface area contributed by atoms with Gasteiger partial charge in [0.15, 0.2) is 0 Å². The highest BCUT2D eigenvalue weighted by Crippen LogP contribution is 2.21. The summed E-state index contributed by atoms with van der Waals surface area (Å²) in [5.41, 5.74) is 6.23. The largest absolute Gasteiger partial charge is 0.359 e. The first-order valence-corrected chi connectivity index (χ1v) is 7.57. The minimum Gasteiger partial charge on any atom is -0.359 e. The van der Waals surface area contributed by atoms with Crippen LogP contribution in [0.15, 0.2) is 59.4 Å². The fourth-order valence-electron chi connectivity index (χ4n) is 2.95. The molecule has 3 aromatic heterocycles. The van der Waals surface area contributed by atoms with Gasteiger partial charge in [-0.15, -0.1) is 0 Å². The molecule has 0 atom stereocenters. The minimum absolute atomic E-state index is 0.955. The molecule has 0 spiro atoms. The summed E-state index contributed by atoms with van der Waals surface area (Å²) in [6, 6.07) is 10.4. The molecule has 5 rings (SSSR count). The number of nitrogens with one attached hydrogen (secondary N) is 3. The van der Waals surface area contributed by atoms with Crippen LogP contribution in [-0.4, -0.2) is 20.7 Å². The molecule has 0 aliphatic carbocycles. The fourth-order valence-corrected chi connectivity index (χ4v) is 2.95. The van der Waals surface area contributed by atoms with Crippen molar-refractivity contribution in [2.75, 3.05) is 0 Å². The summed E-state index contributed by atoms with van der Waals surface area (Å²) in [5.74, 6) is 0. The molecule has 5 heterocycles. The Balaban J connectivity index is 1.77. The van der Waals surface area contributed by atoms with Crippen molar-refractivity contribution in [3.63, 3.8) is 0 Å². The van der Waals surface area contributed by atoms with Gasteiger partial charge >= 0.3 is 0 Å². The molecule has 0 saturated carbocycles. The summed E-state index contributed by atoms with van der Waals surface area (Å²) in [7, 11) is 0. The van der Waals surface area contributed by atoms with E-state index in [1.54, 1.807) is 0 Å². The van der Waals surface area contributed by atoms with Crippen LogP contribution in [0, 0.1) is 0 Å². The van der Waals surface area contributed by atoms with E-state index in [1.165, 1.54) is 0 Å². The van der Waals surface area contributed by atoms with E-state index in [0.717, 1.165) is 44.8 Å². The number of H-pyrrole nitrogens is 3. The van der Waals surface area contributed by atoms with E-state index >= 15 is 0 Å². The topological polar surface area (TPSA) is 59.7 Å². The van der Waals surface area contributed by atoms with Crippen molar-refractivity contribution < 1.29 is 0 Å². The summed E-state index contributed by atoms with van der Waals surface area (Å²) in [4.78, 5) is 14.8. The zero-order valence-corrected chi connectivity index (χ0v) is 12.3. The number of aliphatic imine (C=N–C) groups is 1. The molecule has 3 N–H and O–H groups in total. The number of fused-ring (bicyclic) bond motifs is 8. The van der Waals surface area contributed by atoms with Gasteiger partial charge in [0.2, 0.25) is 0 Å². The molecule has 110 valence electrons. The second-order valence-corrected chi connectivity index (χ2v) is 5.77. The van der Waals surface area contributed by atoms with Crippen LogP contribution in [-0.2, 0) is 0 Å². The van der Waals surface area contributed by atoms with E-state index in [4.69, 9.17) is 0 Å². The zero-order valence-electron chi connectivity index (χ0n) is 12.3. The normalized spacial score (nSPS) is 15.1. The molecule has 4 nitrogen and oxygen atoms in total. The third-order valence-electron chi connectivity index (χ3n) is 4.05. The predicted octanol–water partition coefficient (Wildman–Crippen LogP) is 2.31. The number of hydrogen-bond donors (Lipinski definition) is 3. The Bertz CT molecular complexity index is 1110. The Morgan fingerprint density at radius 2 is 1.70 bits per heavy atom. The van der Waals surface area contributed by atoms with Crippen LogP contribution in [0.5, 0.6) is 0 Å². The number of hydrogen-bond acceptors (Lipinski definition) is 1. The fraction of sp³-hybridized carbons (Fsp3) is 0. The SMILES string of the molecule is C1=CC2=NC1=Cc1c[nH]c(c1)-c1ccc([nH]1)C=c1ccc([nH]1)=C2. The number of aromatic amines is 3. The molecule has 23 heavy (non-hydrogen) atoms. The van der Waals surface area contributed by atoms with Crippen molar-refractivity contribution >= 4 is 23.9 Å². The first-order valence-electron chi connectivity index (χ1n) is 7.57. The third kappa shape index (κ3) is 2.21. The van der Waals surface area contributed by atoms with E-state index in [1.807, 2.05) is 18.3 Å². The quantitative estimate of drug-likeness (QED) is 0.570. The van der Waals surface area contributed by atoms with Crippen molar-refractivity contribution in [2.24, 2.45) is 4.99 Å². The molecule has 0 aromatic carbocycles. The lowest BCUT2D eigenvalue weighted by Gasteiger charge is -1.92. The maximum absolute atomic E-state index is 4.64. The predicted molar refractivity (Wildman–Crippen MR) is 93.2 cm³/mol. The maximum atomic E-state index is 4.64. The Morgan fingerprint density at radius 3 is 2.65 bits per heavy atom. The summed E-state index contributed by atoms with van der Waals surface area (Å²) in [6.45, 7) is 0. The molecule has 2 aliphatic rings. The number of allylic oxidation sites excluding steroid dienone is 2. The lowest BCUT2D eigenvalue weighted by molar-refractivity contribution is 1.26. The number of rotatable bonds is 0. The van der Waals surface area contributed by atoms with Crippen LogP contribution in [0.4, 0.5) is 0 Å². The second-order valence-electron chi connectivity index (χ2n) is 5.77. The summed E-state index contributed by atoms with van der Waals surface area (Å²) in [6.07, 6.45) is 12.3. The highest BCUT2D eigenvalue weighted by molar-refractivity contribution is 6.19. The number of aromatic nitrogens is 3. The maximum Gasteiger partial charge on any atom is 0.0658 e. The summed E-state index contributed by atoms with van der Waals surface area (Å²) < 4.78 is 0. The van der Waals surface area contributed by atoms with Gasteiger partial charge in [0.25, 0.3) is 0 Å². The molecule has 0 unspecified atom stereocenters. The number of nitrogens with zero attached hydrogens (tertiary/aromatic N) is 1. The van der Waals surface area contributed by atoms with E-state index in [2.05, 4.69) is 68.5 Å². The van der Waals surface area contributed by atoms with Crippen molar-refractivity contribution in [2.45, 2.75) is 0 Å². The highest BCUT2D eigenvalue weighted by Gasteiger charge is 2.06. The monoisotopic (exact) mass is 298 g/mol. The van der Waals surface area contributed by atoms with Crippen molar-refractivity contribution in [1.82, 2.24) is 15.0 Å². The van der Waals surface area contributed by atoms with Gasteiger partial charge in [0.05, 0.1) is 22.8 Å². The zero-order chi connectivity index (χ0) is 15.2. The van der Waals surface area contributed by atoms with E-state index in [9.17, 15) is 0 Å². The van der Waals surface area contributed by atoms with Gasteiger partial charge in [0.1, 0.15) is 0 Å². The lowest BCUT2D eigenvalue weighted by atomic mass is 10.2. The van der Waals surface area contributed by atoms with Crippen LogP contribution in [0.2, 0.25) is 0 Å². The summed E-state index contributed by atoms with van der Waals surface area (Å²) >= 11 is 0. The lowest BCUT2D eigenvalue weighted by Crippen LogP contribution is -2.10. The molecule has 4 heteroatoms. The standard InChI is InChI=1S/C19H14N4/c1-2-14-9-15-3-4-16(22-15)10-17-5-6-18(23-17)19-8-12(11-20-19)7-13(1)21-14/h1-11,20,22-23H. The first-order chi connectivity index (χ1) is 11.3. The molecule has 8 bridgehead atoms. The Morgan fingerprint density at radius 1 is 0.783 bits per heavy atom. The van der Waals surface area contributed by atoms with E-state index < -0.39 is 0 Å². The average molecular weight is 298 g/mol. The molecular weight excluding hydrogens is 284 g/mol. The average Bonchev–Trinajstić information content (AvgIpc) is 3.28. The Hall–Kier alpha value is -3.27. The molecule has 0 saturated heterocycles. The van der Waals surface area contributed by atoms with Crippen LogP contribution >= 0.6 is 0 Å². The van der Waals surface area contributed by atoms with Gasteiger partial charge in [-0.2, -0.15) is 0 Å². The minimum atomic E-state index is 0.955. The van der Waals surface area contributed by atoms with Gasteiger partial charge < -0.3 is 15.0 Å². The van der Waals surface area contributed by atoms with Crippen LogP contribution < -0.4 is 10.7 Å². The van der Waals surface area contributed by atoms with E-state index in [0.29, 0.717) is 0 Å². The molecule has 0 amide bonds. The Kier molecular flexibility index (Phi) is 2.46. The van der Waals surface area contributed by atoms with Gasteiger partial charge in [-0.1, -0.05) is 0 Å². The van der Waals surface area contributed by atoms with Gasteiger partial charge in [-0.25, -0.2) is 4.99 Å². The van der Waals surface area contributed by atoms with Gasteiger partial charge in [-0.05, 0) is 66.3 Å². The van der Waals surface area contributed by atoms with Crippen molar-refractivity contribution in [3.05, 3.63) is 76.3 Å². The van der Waals surface area contributed by atoms with Crippen molar-refractivity contribution in [3.8, 4) is 11.4 Å². The van der Waals surface area contributed by atoms with Gasteiger partial charge in [-0.3, -0.25) is 0 Å². The summed E-state index contributed by atoms with van der Waals surface area (Å²) in [5, 5.41) is 2.11. The Labute approximate surface area is 132 Å². The van der Waals surface area contributed by atoms with Crippen LogP contribution in [0.1, 0.15) is 11.3 Å². The third-order valence-corrected chi connectivity index (χ3v) is 4.05. The molecular formula is C19H14N4. The second kappa shape index (κ2) is 4.61. The molecule has 0 radical (unpaired) electrons. The molecule has 0 fully saturated rings. The van der Waals surface area contributed by atoms with Crippen LogP contribution in [0.3, 0.4) is 0 Å².